The Kier molecular flexibility index (Phi) is 3.50. The average Bonchev–Trinajstić information content (AvgIpc) is 3.07. The molecule has 1 aliphatic heterocycles. The number of rotatable bonds is 3. The number of methoxy groups -OCH3 is 1. The van der Waals surface area contributed by atoms with Crippen LogP contribution in [0.5, 0.6) is 5.75 Å². The maximum absolute atomic E-state index is 5.25. The maximum atomic E-state index is 5.25. The molecule has 4 nitrogen and oxygen atoms in total. The molecule has 116 valence electrons. The van der Waals surface area contributed by atoms with Crippen molar-refractivity contribution in [2.45, 2.75) is 12.5 Å². The van der Waals surface area contributed by atoms with Crippen LogP contribution in [0.25, 0.3) is 11.3 Å². The van der Waals surface area contributed by atoms with E-state index in [1.54, 1.807) is 7.11 Å². The molecule has 0 radical (unpaired) electrons. The van der Waals surface area contributed by atoms with Crippen LogP contribution in [0.2, 0.25) is 0 Å². The van der Waals surface area contributed by atoms with Gasteiger partial charge in [0.25, 0.3) is 0 Å². The number of hydrogen-bond acceptors (Lipinski definition) is 3. The van der Waals surface area contributed by atoms with E-state index in [4.69, 9.17) is 9.84 Å². The predicted molar refractivity (Wildman–Crippen MR) is 91.9 cm³/mol. The number of nitrogens with zero attached hydrogens (tertiary/aromatic N) is 2. The largest absolute Gasteiger partial charge is 0.497 e. The van der Waals surface area contributed by atoms with Crippen molar-refractivity contribution < 1.29 is 4.74 Å². The molecule has 1 unspecified atom stereocenters. The minimum atomic E-state index is 0.259. The van der Waals surface area contributed by atoms with Gasteiger partial charge in [0, 0.05) is 18.2 Å². The summed E-state index contributed by atoms with van der Waals surface area (Å²) < 4.78 is 7.36. The normalized spacial score (nSPS) is 16.5. The molecule has 0 bridgehead atoms. The van der Waals surface area contributed by atoms with Crippen LogP contribution in [-0.2, 0) is 0 Å². The highest BCUT2D eigenvalue weighted by Gasteiger charge is 2.23. The molecule has 0 saturated carbocycles. The smallest absolute Gasteiger partial charge is 0.125 e. The van der Waals surface area contributed by atoms with Crippen LogP contribution in [0.15, 0.2) is 60.7 Å². The number of aromatic nitrogens is 2. The van der Waals surface area contributed by atoms with Crippen molar-refractivity contribution >= 4 is 5.82 Å². The first-order chi connectivity index (χ1) is 11.3. The topological polar surface area (TPSA) is 39.1 Å². The second kappa shape index (κ2) is 5.80. The van der Waals surface area contributed by atoms with E-state index >= 15 is 0 Å². The molecule has 4 rings (SSSR count). The molecule has 0 spiro atoms. The van der Waals surface area contributed by atoms with Gasteiger partial charge in [0.05, 0.1) is 18.8 Å². The van der Waals surface area contributed by atoms with E-state index in [9.17, 15) is 0 Å². The summed E-state index contributed by atoms with van der Waals surface area (Å²) >= 11 is 0. The van der Waals surface area contributed by atoms with E-state index in [2.05, 4.69) is 40.3 Å². The molecule has 4 heteroatoms. The van der Waals surface area contributed by atoms with Gasteiger partial charge in [-0.1, -0.05) is 42.5 Å². The molecule has 2 aromatic carbocycles. The number of nitrogens with one attached hydrogen (secondary N) is 1. The fourth-order valence-corrected chi connectivity index (χ4v) is 3.11. The fourth-order valence-electron chi connectivity index (χ4n) is 3.11. The molecule has 23 heavy (non-hydrogen) atoms. The Morgan fingerprint density at radius 2 is 1.87 bits per heavy atom. The van der Waals surface area contributed by atoms with Crippen molar-refractivity contribution in [1.29, 1.82) is 0 Å². The highest BCUT2D eigenvalue weighted by Crippen LogP contribution is 2.33. The van der Waals surface area contributed by atoms with Crippen molar-refractivity contribution in [3.8, 4) is 17.0 Å². The molecule has 3 aromatic rings. The van der Waals surface area contributed by atoms with Gasteiger partial charge in [-0.2, -0.15) is 5.10 Å². The molecule has 0 saturated heterocycles. The lowest BCUT2D eigenvalue weighted by Crippen LogP contribution is -2.24. The second-order valence-electron chi connectivity index (χ2n) is 5.73. The number of ether oxygens (including phenoxy) is 1. The Morgan fingerprint density at radius 3 is 2.61 bits per heavy atom. The van der Waals surface area contributed by atoms with Crippen LogP contribution in [-0.4, -0.2) is 23.4 Å². The summed E-state index contributed by atoms with van der Waals surface area (Å²) in [5, 5.41) is 8.30. The molecule has 0 aliphatic carbocycles. The van der Waals surface area contributed by atoms with E-state index in [1.807, 2.05) is 30.3 Å². The Bertz CT molecular complexity index is 793. The summed E-state index contributed by atoms with van der Waals surface area (Å²) in [6, 6.07) is 21.0. The van der Waals surface area contributed by atoms with E-state index < -0.39 is 0 Å². The summed E-state index contributed by atoms with van der Waals surface area (Å²) in [4.78, 5) is 0. The van der Waals surface area contributed by atoms with Crippen molar-refractivity contribution in [3.63, 3.8) is 0 Å². The molecule has 0 amide bonds. The molecule has 0 fully saturated rings. The third-order valence-electron chi connectivity index (χ3n) is 4.32. The maximum Gasteiger partial charge on any atom is 0.125 e. The van der Waals surface area contributed by atoms with Crippen LogP contribution in [0, 0.1) is 0 Å². The molecular weight excluding hydrogens is 286 g/mol. The van der Waals surface area contributed by atoms with Gasteiger partial charge in [-0.3, -0.25) is 0 Å². The Hall–Kier alpha value is -2.75. The summed E-state index contributed by atoms with van der Waals surface area (Å²) in [6.45, 7) is 0.955. The summed E-state index contributed by atoms with van der Waals surface area (Å²) in [5.74, 6) is 1.96. The monoisotopic (exact) mass is 305 g/mol. The second-order valence-corrected chi connectivity index (χ2v) is 5.73. The molecule has 2 heterocycles. The standard InChI is InChI=1S/C19H19N3O/c1-23-16-9-7-15(8-10-16)18-11-12-20-19-13-17(21-22(18)19)14-5-3-2-4-6-14/h2-10,13,18,20H,11-12H2,1H3. The van der Waals surface area contributed by atoms with E-state index in [0.717, 1.165) is 35.8 Å². The van der Waals surface area contributed by atoms with Gasteiger partial charge < -0.3 is 10.1 Å². The average molecular weight is 305 g/mol. The van der Waals surface area contributed by atoms with Crippen LogP contribution >= 0.6 is 0 Å². The van der Waals surface area contributed by atoms with E-state index in [-0.39, 0.29) is 6.04 Å². The fraction of sp³-hybridized carbons (Fsp3) is 0.211. The van der Waals surface area contributed by atoms with Crippen LogP contribution < -0.4 is 10.1 Å². The lowest BCUT2D eigenvalue weighted by atomic mass is 10.0. The van der Waals surface area contributed by atoms with Crippen LogP contribution in [0.1, 0.15) is 18.0 Å². The molecule has 1 aromatic heterocycles. The van der Waals surface area contributed by atoms with Gasteiger partial charge in [0.1, 0.15) is 11.6 Å². The zero-order valence-electron chi connectivity index (χ0n) is 13.1. The highest BCUT2D eigenvalue weighted by molar-refractivity contribution is 5.63. The summed E-state index contributed by atoms with van der Waals surface area (Å²) in [7, 11) is 1.69. The van der Waals surface area contributed by atoms with E-state index in [1.165, 1.54) is 5.56 Å². The number of fused-ring (bicyclic) bond motifs is 1. The first kappa shape index (κ1) is 13.9. The third-order valence-corrected chi connectivity index (χ3v) is 4.32. The third kappa shape index (κ3) is 2.57. The van der Waals surface area contributed by atoms with Crippen molar-refractivity contribution in [1.82, 2.24) is 9.78 Å². The lowest BCUT2D eigenvalue weighted by Gasteiger charge is -2.26. The first-order valence-electron chi connectivity index (χ1n) is 7.88. The quantitative estimate of drug-likeness (QED) is 0.796. The first-order valence-corrected chi connectivity index (χ1v) is 7.88. The number of benzene rings is 2. The Balaban J connectivity index is 1.71. The van der Waals surface area contributed by atoms with Crippen LogP contribution in [0.4, 0.5) is 5.82 Å². The van der Waals surface area contributed by atoms with Gasteiger partial charge in [0.2, 0.25) is 0 Å². The molecule has 1 atom stereocenters. The Morgan fingerprint density at radius 1 is 1.09 bits per heavy atom. The van der Waals surface area contributed by atoms with Crippen molar-refractivity contribution in [2.24, 2.45) is 0 Å². The highest BCUT2D eigenvalue weighted by atomic mass is 16.5. The minimum Gasteiger partial charge on any atom is -0.497 e. The zero-order valence-corrected chi connectivity index (χ0v) is 13.1. The number of hydrogen-bond donors (Lipinski definition) is 1. The van der Waals surface area contributed by atoms with E-state index in [0.29, 0.717) is 0 Å². The molecular formula is C19H19N3O. The Labute approximate surface area is 135 Å². The predicted octanol–water partition coefficient (Wildman–Crippen LogP) is 3.96. The van der Waals surface area contributed by atoms with Crippen LogP contribution in [0.3, 0.4) is 0 Å². The minimum absolute atomic E-state index is 0.259. The van der Waals surface area contributed by atoms with Gasteiger partial charge in [-0.25, -0.2) is 4.68 Å². The number of anilines is 1. The van der Waals surface area contributed by atoms with Crippen molar-refractivity contribution in [2.75, 3.05) is 19.0 Å². The summed E-state index contributed by atoms with van der Waals surface area (Å²) in [5.41, 5.74) is 3.41. The van der Waals surface area contributed by atoms with Gasteiger partial charge >= 0.3 is 0 Å². The zero-order chi connectivity index (χ0) is 15.6. The summed E-state index contributed by atoms with van der Waals surface area (Å²) in [6.07, 6.45) is 1.02. The van der Waals surface area contributed by atoms with Gasteiger partial charge in [-0.05, 0) is 24.1 Å². The molecule has 1 aliphatic rings. The van der Waals surface area contributed by atoms with Gasteiger partial charge in [-0.15, -0.1) is 0 Å². The SMILES string of the molecule is COc1ccc(C2CCNc3cc(-c4ccccc4)nn32)cc1. The molecule has 1 N–H and O–H groups in total. The van der Waals surface area contributed by atoms with Gasteiger partial charge in [0.15, 0.2) is 0 Å². The van der Waals surface area contributed by atoms with Crippen molar-refractivity contribution in [3.05, 3.63) is 66.2 Å². The lowest BCUT2D eigenvalue weighted by molar-refractivity contribution is 0.414.